The van der Waals surface area contributed by atoms with E-state index in [9.17, 15) is 9.90 Å². The maximum atomic E-state index is 11.3. The minimum atomic E-state index is -1.13. The summed E-state index contributed by atoms with van der Waals surface area (Å²) in [5.41, 5.74) is 0.756. The van der Waals surface area contributed by atoms with Gasteiger partial charge in [0.25, 0.3) is 0 Å². The number of hydrogen-bond acceptors (Lipinski definition) is 4. The molecule has 0 unspecified atom stereocenters. The molecule has 0 amide bonds. The summed E-state index contributed by atoms with van der Waals surface area (Å²) in [6, 6.07) is 7.12. The maximum Gasteiger partial charge on any atom is 0.358 e. The van der Waals surface area contributed by atoms with Crippen molar-refractivity contribution in [3.8, 4) is 5.75 Å². The molecule has 1 heterocycles. The molecule has 0 radical (unpaired) electrons. The number of aromatic carboxylic acids is 1. The Morgan fingerprint density at radius 2 is 2.00 bits per heavy atom. The van der Waals surface area contributed by atoms with Crippen LogP contribution in [-0.2, 0) is 6.61 Å². The van der Waals surface area contributed by atoms with Gasteiger partial charge in [-0.2, -0.15) is 0 Å². The third-order valence-electron chi connectivity index (χ3n) is 2.80. The molecule has 0 fully saturated rings. The standard InChI is InChI=1S/C15H15ClN2O3/c1-9(2)14-17-7-12(13(18-14)15(19)20)21-8-10-3-5-11(16)6-4-10/h3-7,9H,8H2,1-2H3,(H,19,20). The minimum absolute atomic E-state index is 0.0495. The number of carboxylic acid groups (broad SMARTS) is 1. The van der Waals surface area contributed by atoms with Crippen molar-refractivity contribution in [1.82, 2.24) is 9.97 Å². The maximum absolute atomic E-state index is 11.3. The number of ether oxygens (including phenoxy) is 1. The Morgan fingerprint density at radius 3 is 2.57 bits per heavy atom. The highest BCUT2D eigenvalue weighted by atomic mass is 35.5. The quantitative estimate of drug-likeness (QED) is 0.915. The van der Waals surface area contributed by atoms with E-state index in [2.05, 4.69) is 9.97 Å². The Hall–Kier alpha value is -2.14. The first-order valence-corrected chi connectivity index (χ1v) is 6.82. The van der Waals surface area contributed by atoms with Crippen LogP contribution in [-0.4, -0.2) is 21.0 Å². The summed E-state index contributed by atoms with van der Waals surface area (Å²) in [7, 11) is 0. The fraction of sp³-hybridized carbons (Fsp3) is 0.267. The molecule has 0 atom stereocenters. The molecule has 0 spiro atoms. The number of halogens is 1. The molecule has 0 aliphatic rings. The number of carbonyl (C=O) groups is 1. The Kier molecular flexibility index (Phi) is 4.75. The van der Waals surface area contributed by atoms with Gasteiger partial charge in [0, 0.05) is 10.9 Å². The van der Waals surface area contributed by atoms with Gasteiger partial charge in [-0.05, 0) is 17.7 Å². The van der Waals surface area contributed by atoms with Crippen LogP contribution in [0.5, 0.6) is 5.75 Å². The van der Waals surface area contributed by atoms with E-state index < -0.39 is 5.97 Å². The van der Waals surface area contributed by atoms with Gasteiger partial charge in [0.1, 0.15) is 12.4 Å². The first kappa shape index (κ1) is 15.3. The van der Waals surface area contributed by atoms with Crippen molar-refractivity contribution in [2.75, 3.05) is 0 Å². The van der Waals surface area contributed by atoms with Gasteiger partial charge in [-0.1, -0.05) is 37.6 Å². The van der Waals surface area contributed by atoms with E-state index >= 15 is 0 Å². The first-order valence-electron chi connectivity index (χ1n) is 6.45. The molecule has 0 aliphatic heterocycles. The Balaban J connectivity index is 2.19. The van der Waals surface area contributed by atoms with Gasteiger partial charge in [0.15, 0.2) is 11.4 Å². The Labute approximate surface area is 127 Å². The summed E-state index contributed by atoms with van der Waals surface area (Å²) in [4.78, 5) is 19.4. The van der Waals surface area contributed by atoms with E-state index in [0.29, 0.717) is 10.8 Å². The van der Waals surface area contributed by atoms with Crippen LogP contribution in [0.15, 0.2) is 30.5 Å². The molecule has 2 rings (SSSR count). The third kappa shape index (κ3) is 3.92. The number of benzene rings is 1. The van der Waals surface area contributed by atoms with E-state index in [4.69, 9.17) is 16.3 Å². The van der Waals surface area contributed by atoms with Crippen molar-refractivity contribution >= 4 is 17.6 Å². The van der Waals surface area contributed by atoms with Gasteiger partial charge in [0.05, 0.1) is 6.20 Å². The summed E-state index contributed by atoms with van der Waals surface area (Å²) in [5.74, 6) is -0.452. The smallest absolute Gasteiger partial charge is 0.358 e. The SMILES string of the molecule is CC(C)c1ncc(OCc2ccc(Cl)cc2)c(C(=O)O)n1. The highest BCUT2D eigenvalue weighted by molar-refractivity contribution is 6.30. The molecule has 1 aromatic heterocycles. The largest absolute Gasteiger partial charge is 0.485 e. The predicted molar refractivity (Wildman–Crippen MR) is 78.9 cm³/mol. The lowest BCUT2D eigenvalue weighted by Crippen LogP contribution is -2.10. The molecule has 1 aromatic carbocycles. The molecule has 0 bridgehead atoms. The average molecular weight is 307 g/mol. The topological polar surface area (TPSA) is 72.3 Å². The number of rotatable bonds is 5. The first-order chi connectivity index (χ1) is 9.97. The monoisotopic (exact) mass is 306 g/mol. The summed E-state index contributed by atoms with van der Waals surface area (Å²) >= 11 is 5.80. The van der Waals surface area contributed by atoms with Gasteiger partial charge >= 0.3 is 5.97 Å². The van der Waals surface area contributed by atoms with Crippen LogP contribution >= 0.6 is 11.6 Å². The van der Waals surface area contributed by atoms with E-state index in [1.54, 1.807) is 12.1 Å². The normalized spacial score (nSPS) is 10.7. The molecule has 21 heavy (non-hydrogen) atoms. The molecule has 2 aromatic rings. The molecular weight excluding hydrogens is 292 g/mol. The highest BCUT2D eigenvalue weighted by Gasteiger charge is 2.16. The number of nitrogens with zero attached hydrogens (tertiary/aromatic N) is 2. The summed E-state index contributed by atoms with van der Waals surface area (Å²) in [5, 5.41) is 9.85. The molecule has 6 heteroatoms. The van der Waals surface area contributed by atoms with Gasteiger partial charge in [-0.25, -0.2) is 14.8 Å². The van der Waals surface area contributed by atoms with Crippen LogP contribution < -0.4 is 4.74 Å². The third-order valence-corrected chi connectivity index (χ3v) is 3.05. The Morgan fingerprint density at radius 1 is 1.33 bits per heavy atom. The number of aromatic nitrogens is 2. The number of hydrogen-bond donors (Lipinski definition) is 1. The van der Waals surface area contributed by atoms with Crippen LogP contribution in [0.1, 0.15) is 41.6 Å². The highest BCUT2D eigenvalue weighted by Crippen LogP contribution is 2.20. The van der Waals surface area contributed by atoms with Gasteiger partial charge in [0.2, 0.25) is 0 Å². The summed E-state index contributed by atoms with van der Waals surface area (Å²) in [6.45, 7) is 4.02. The van der Waals surface area contributed by atoms with E-state index in [0.717, 1.165) is 5.56 Å². The molecule has 0 saturated carbocycles. The molecule has 0 saturated heterocycles. The van der Waals surface area contributed by atoms with E-state index in [-0.39, 0.29) is 24.0 Å². The van der Waals surface area contributed by atoms with Crippen molar-refractivity contribution in [2.24, 2.45) is 0 Å². The van der Waals surface area contributed by atoms with Crippen LogP contribution in [0.25, 0.3) is 0 Å². The minimum Gasteiger partial charge on any atom is -0.485 e. The van der Waals surface area contributed by atoms with Crippen molar-refractivity contribution in [3.63, 3.8) is 0 Å². The van der Waals surface area contributed by atoms with Gasteiger partial charge in [-0.3, -0.25) is 0 Å². The molecular formula is C15H15ClN2O3. The Bertz CT molecular complexity index is 642. The lowest BCUT2D eigenvalue weighted by Gasteiger charge is -2.10. The molecule has 110 valence electrons. The fourth-order valence-electron chi connectivity index (χ4n) is 1.66. The summed E-state index contributed by atoms with van der Waals surface area (Å²) in [6.07, 6.45) is 1.40. The van der Waals surface area contributed by atoms with Crippen molar-refractivity contribution in [3.05, 3.63) is 52.6 Å². The second kappa shape index (κ2) is 6.54. The van der Waals surface area contributed by atoms with E-state index in [1.165, 1.54) is 6.20 Å². The van der Waals surface area contributed by atoms with Crippen molar-refractivity contribution in [1.29, 1.82) is 0 Å². The van der Waals surface area contributed by atoms with Crippen LogP contribution in [0.4, 0.5) is 0 Å². The van der Waals surface area contributed by atoms with E-state index in [1.807, 2.05) is 26.0 Å². The lowest BCUT2D eigenvalue weighted by atomic mass is 10.2. The molecule has 5 nitrogen and oxygen atoms in total. The zero-order valence-electron chi connectivity index (χ0n) is 11.7. The van der Waals surface area contributed by atoms with Crippen LogP contribution in [0.2, 0.25) is 5.02 Å². The van der Waals surface area contributed by atoms with Crippen LogP contribution in [0, 0.1) is 0 Å². The second-order valence-corrected chi connectivity index (χ2v) is 5.25. The fourth-order valence-corrected chi connectivity index (χ4v) is 1.79. The molecule has 1 N–H and O–H groups in total. The van der Waals surface area contributed by atoms with Gasteiger partial charge in [-0.15, -0.1) is 0 Å². The van der Waals surface area contributed by atoms with Crippen molar-refractivity contribution in [2.45, 2.75) is 26.4 Å². The zero-order chi connectivity index (χ0) is 15.4. The average Bonchev–Trinajstić information content (AvgIpc) is 2.46. The lowest BCUT2D eigenvalue weighted by molar-refractivity contribution is 0.0684. The van der Waals surface area contributed by atoms with Crippen LogP contribution in [0.3, 0.4) is 0 Å². The van der Waals surface area contributed by atoms with Gasteiger partial charge < -0.3 is 9.84 Å². The predicted octanol–water partition coefficient (Wildman–Crippen LogP) is 3.53. The molecule has 0 aliphatic carbocycles. The zero-order valence-corrected chi connectivity index (χ0v) is 12.5. The second-order valence-electron chi connectivity index (χ2n) is 4.82. The number of carboxylic acids is 1. The van der Waals surface area contributed by atoms with Crippen molar-refractivity contribution < 1.29 is 14.6 Å². The summed E-state index contributed by atoms with van der Waals surface area (Å²) < 4.78 is 5.51.